The van der Waals surface area contributed by atoms with Gasteiger partial charge in [-0.05, 0) is 19.1 Å². The predicted octanol–water partition coefficient (Wildman–Crippen LogP) is 1.58. The Balaban J connectivity index is 0.00000120. The molecule has 0 saturated carbocycles. The van der Waals surface area contributed by atoms with E-state index in [1.807, 2.05) is 29.9 Å². The summed E-state index contributed by atoms with van der Waals surface area (Å²) in [4.78, 5) is 0. The van der Waals surface area contributed by atoms with E-state index in [0.717, 1.165) is 22.4 Å². The summed E-state index contributed by atoms with van der Waals surface area (Å²) in [6.45, 7) is 3.80. The van der Waals surface area contributed by atoms with E-state index in [4.69, 9.17) is 15.2 Å². The van der Waals surface area contributed by atoms with Gasteiger partial charge in [-0.3, -0.25) is 4.68 Å². The lowest BCUT2D eigenvalue weighted by Gasteiger charge is -2.19. The van der Waals surface area contributed by atoms with Crippen LogP contribution in [0.25, 0.3) is 10.9 Å². The summed E-state index contributed by atoms with van der Waals surface area (Å²) in [5, 5.41) is 5.40. The predicted molar refractivity (Wildman–Crippen MR) is 71.6 cm³/mol. The zero-order chi connectivity index (χ0) is 11.8. The monoisotopic (exact) mass is 269 g/mol. The van der Waals surface area contributed by atoms with Crippen LogP contribution in [0.4, 0.5) is 0 Å². The fraction of sp³-hybridized carbons (Fsp3) is 0.417. The number of rotatable bonds is 2. The molecular formula is C12H16ClN3O2. The average Bonchev–Trinajstić information content (AvgIpc) is 2.72. The molecule has 0 amide bonds. The van der Waals surface area contributed by atoms with Gasteiger partial charge >= 0.3 is 0 Å². The van der Waals surface area contributed by atoms with E-state index in [9.17, 15) is 0 Å². The number of nitrogens with two attached hydrogens (primary N) is 1. The zero-order valence-corrected chi connectivity index (χ0v) is 10.9. The van der Waals surface area contributed by atoms with Gasteiger partial charge in [0.2, 0.25) is 0 Å². The molecule has 0 bridgehead atoms. The van der Waals surface area contributed by atoms with Gasteiger partial charge in [0.05, 0.1) is 12.7 Å². The van der Waals surface area contributed by atoms with Crippen molar-refractivity contribution in [2.75, 3.05) is 13.2 Å². The highest BCUT2D eigenvalue weighted by Crippen LogP contribution is 2.37. The van der Waals surface area contributed by atoms with Crippen molar-refractivity contribution in [3.63, 3.8) is 0 Å². The highest BCUT2D eigenvalue weighted by molar-refractivity contribution is 5.87. The number of halogens is 1. The maximum Gasteiger partial charge on any atom is 0.187 e. The lowest BCUT2D eigenvalue weighted by Crippen LogP contribution is -2.23. The van der Waals surface area contributed by atoms with E-state index in [1.165, 1.54) is 0 Å². The minimum atomic E-state index is 0. The third kappa shape index (κ3) is 2.11. The third-order valence-corrected chi connectivity index (χ3v) is 2.77. The van der Waals surface area contributed by atoms with Gasteiger partial charge in [0, 0.05) is 11.4 Å². The SMILES string of the molecule is C[C@H](N)Cn1ncc2ccc3c(c21)OCCO3.Cl. The van der Waals surface area contributed by atoms with Crippen LogP contribution in [-0.4, -0.2) is 29.0 Å². The van der Waals surface area contributed by atoms with Gasteiger partial charge < -0.3 is 15.2 Å². The minimum absolute atomic E-state index is 0. The minimum Gasteiger partial charge on any atom is -0.486 e. The normalized spacial score (nSPS) is 15.2. The van der Waals surface area contributed by atoms with Crippen LogP contribution in [0.15, 0.2) is 18.3 Å². The van der Waals surface area contributed by atoms with E-state index in [2.05, 4.69) is 5.10 Å². The van der Waals surface area contributed by atoms with Crippen LogP contribution in [0.3, 0.4) is 0 Å². The molecular weight excluding hydrogens is 254 g/mol. The van der Waals surface area contributed by atoms with E-state index >= 15 is 0 Å². The Labute approximate surface area is 111 Å². The first kappa shape index (κ1) is 13.0. The number of hydrogen-bond acceptors (Lipinski definition) is 4. The van der Waals surface area contributed by atoms with Crippen molar-refractivity contribution in [3.8, 4) is 11.5 Å². The van der Waals surface area contributed by atoms with Crippen molar-refractivity contribution in [1.29, 1.82) is 0 Å². The topological polar surface area (TPSA) is 62.3 Å². The highest BCUT2D eigenvalue weighted by atomic mass is 35.5. The average molecular weight is 270 g/mol. The first-order valence-electron chi connectivity index (χ1n) is 5.75. The van der Waals surface area contributed by atoms with Crippen LogP contribution in [0.5, 0.6) is 11.5 Å². The number of aromatic nitrogens is 2. The first-order chi connectivity index (χ1) is 8.25. The lowest BCUT2D eigenvalue weighted by molar-refractivity contribution is 0.173. The Morgan fingerprint density at radius 3 is 2.94 bits per heavy atom. The van der Waals surface area contributed by atoms with Gasteiger partial charge in [0.1, 0.15) is 18.7 Å². The van der Waals surface area contributed by atoms with Crippen LogP contribution in [0.1, 0.15) is 6.92 Å². The Morgan fingerprint density at radius 2 is 2.17 bits per heavy atom. The second kappa shape index (κ2) is 5.04. The molecule has 0 saturated heterocycles. The largest absolute Gasteiger partial charge is 0.486 e. The van der Waals surface area contributed by atoms with Crippen molar-refractivity contribution in [2.45, 2.75) is 19.5 Å². The maximum absolute atomic E-state index is 5.82. The highest BCUT2D eigenvalue weighted by Gasteiger charge is 2.18. The molecule has 1 aliphatic rings. The molecule has 0 fully saturated rings. The molecule has 6 heteroatoms. The molecule has 0 spiro atoms. The van der Waals surface area contributed by atoms with Gasteiger partial charge in [-0.25, -0.2) is 0 Å². The number of ether oxygens (including phenoxy) is 2. The summed E-state index contributed by atoms with van der Waals surface area (Å²) in [5.74, 6) is 1.57. The molecule has 2 aromatic rings. The molecule has 1 aromatic heterocycles. The van der Waals surface area contributed by atoms with Gasteiger partial charge in [0.25, 0.3) is 0 Å². The quantitative estimate of drug-likeness (QED) is 0.899. The summed E-state index contributed by atoms with van der Waals surface area (Å²) in [5.41, 5.74) is 6.79. The van der Waals surface area contributed by atoms with Gasteiger partial charge in [-0.2, -0.15) is 5.10 Å². The number of fused-ring (bicyclic) bond motifs is 3. The van der Waals surface area contributed by atoms with Crippen molar-refractivity contribution in [1.82, 2.24) is 9.78 Å². The molecule has 0 aliphatic carbocycles. The lowest BCUT2D eigenvalue weighted by atomic mass is 10.2. The molecule has 0 unspecified atom stereocenters. The fourth-order valence-electron chi connectivity index (χ4n) is 2.09. The van der Waals surface area contributed by atoms with Crippen molar-refractivity contribution >= 4 is 23.3 Å². The molecule has 98 valence electrons. The van der Waals surface area contributed by atoms with E-state index in [-0.39, 0.29) is 18.4 Å². The van der Waals surface area contributed by atoms with E-state index in [0.29, 0.717) is 19.8 Å². The Hall–Kier alpha value is -1.46. The van der Waals surface area contributed by atoms with E-state index < -0.39 is 0 Å². The number of benzene rings is 1. The molecule has 3 rings (SSSR count). The number of hydrogen-bond donors (Lipinski definition) is 1. The molecule has 18 heavy (non-hydrogen) atoms. The van der Waals surface area contributed by atoms with Gasteiger partial charge in [-0.1, -0.05) is 0 Å². The summed E-state index contributed by atoms with van der Waals surface area (Å²) >= 11 is 0. The van der Waals surface area contributed by atoms with Crippen LogP contribution in [-0.2, 0) is 6.54 Å². The second-order valence-electron chi connectivity index (χ2n) is 4.33. The Bertz CT molecular complexity index is 553. The molecule has 0 radical (unpaired) electrons. The van der Waals surface area contributed by atoms with Crippen LogP contribution < -0.4 is 15.2 Å². The molecule has 2 heterocycles. The Morgan fingerprint density at radius 1 is 1.39 bits per heavy atom. The van der Waals surface area contributed by atoms with Crippen molar-refractivity contribution in [2.24, 2.45) is 5.73 Å². The van der Waals surface area contributed by atoms with Crippen molar-refractivity contribution < 1.29 is 9.47 Å². The standard InChI is InChI=1S/C12H15N3O2.ClH/c1-8(13)7-15-11-9(6-14-15)2-3-10-12(11)17-5-4-16-10;/h2-3,6,8H,4-5,7,13H2,1H3;1H/t8-;/m0./s1. The van der Waals surface area contributed by atoms with Gasteiger partial charge in [0.15, 0.2) is 11.5 Å². The Kier molecular flexibility index (Phi) is 3.63. The summed E-state index contributed by atoms with van der Waals surface area (Å²) < 4.78 is 13.1. The smallest absolute Gasteiger partial charge is 0.187 e. The maximum atomic E-state index is 5.82. The van der Waals surface area contributed by atoms with Crippen LogP contribution in [0, 0.1) is 0 Å². The van der Waals surface area contributed by atoms with Gasteiger partial charge in [-0.15, -0.1) is 12.4 Å². The second-order valence-corrected chi connectivity index (χ2v) is 4.33. The third-order valence-electron chi connectivity index (χ3n) is 2.77. The summed E-state index contributed by atoms with van der Waals surface area (Å²) in [7, 11) is 0. The molecule has 2 N–H and O–H groups in total. The van der Waals surface area contributed by atoms with Crippen LogP contribution >= 0.6 is 12.4 Å². The summed E-state index contributed by atoms with van der Waals surface area (Å²) in [6.07, 6.45) is 1.83. The zero-order valence-electron chi connectivity index (χ0n) is 10.1. The fourth-order valence-corrected chi connectivity index (χ4v) is 2.09. The van der Waals surface area contributed by atoms with Crippen LogP contribution in [0.2, 0.25) is 0 Å². The first-order valence-corrected chi connectivity index (χ1v) is 5.75. The van der Waals surface area contributed by atoms with Crippen molar-refractivity contribution in [3.05, 3.63) is 18.3 Å². The molecule has 1 atom stereocenters. The molecule has 1 aromatic carbocycles. The number of nitrogens with zero attached hydrogens (tertiary/aromatic N) is 2. The van der Waals surface area contributed by atoms with E-state index in [1.54, 1.807) is 0 Å². The molecule has 5 nitrogen and oxygen atoms in total. The molecule has 1 aliphatic heterocycles. The summed E-state index contributed by atoms with van der Waals surface area (Å²) in [6, 6.07) is 3.97.